The zero-order valence-electron chi connectivity index (χ0n) is 6.88. The number of aliphatic hydroxyl groups excluding tert-OH is 3. The Kier molecular flexibility index (Phi) is 3.42. The Balaban J connectivity index is 2.59. The van der Waals surface area contributed by atoms with E-state index < -0.39 is 24.4 Å². The fourth-order valence-electron chi connectivity index (χ4n) is 1.09. The van der Waals surface area contributed by atoms with Gasteiger partial charge in [-0.25, -0.2) is 0 Å². The van der Waals surface area contributed by atoms with Crippen molar-refractivity contribution in [2.45, 2.75) is 31.3 Å². The van der Waals surface area contributed by atoms with Crippen molar-refractivity contribution < 1.29 is 24.8 Å². The lowest BCUT2D eigenvalue weighted by Gasteiger charge is -2.22. The molecule has 0 aromatic heterocycles. The molecule has 5 nitrogen and oxygen atoms in total. The van der Waals surface area contributed by atoms with Crippen LogP contribution in [0.5, 0.6) is 0 Å². The largest absolute Gasteiger partial charge is 0.394 e. The molecule has 0 saturated carbocycles. The Morgan fingerprint density at radius 2 is 1.92 bits per heavy atom. The Labute approximate surface area is 70.5 Å². The highest BCUT2D eigenvalue weighted by Crippen LogP contribution is 2.14. The average molecular weight is 178 g/mol. The lowest BCUT2D eigenvalue weighted by molar-refractivity contribution is -0.114. The van der Waals surface area contributed by atoms with Gasteiger partial charge in [-0.3, -0.25) is 0 Å². The van der Waals surface area contributed by atoms with E-state index in [2.05, 4.69) is 0 Å². The molecule has 1 heterocycles. The summed E-state index contributed by atoms with van der Waals surface area (Å²) in [6.45, 7) is 1.30. The van der Waals surface area contributed by atoms with Crippen molar-refractivity contribution in [2.75, 3.05) is 13.4 Å². The summed E-state index contributed by atoms with van der Waals surface area (Å²) in [5.74, 6) is 0. The lowest BCUT2D eigenvalue weighted by Crippen LogP contribution is -2.43. The Hall–Kier alpha value is -0.200. The van der Waals surface area contributed by atoms with Crippen LogP contribution in [0, 0.1) is 0 Å². The first kappa shape index (κ1) is 9.88. The fourth-order valence-corrected chi connectivity index (χ4v) is 1.09. The maximum atomic E-state index is 9.37. The molecule has 0 unspecified atom stereocenters. The van der Waals surface area contributed by atoms with Crippen LogP contribution in [0.25, 0.3) is 0 Å². The second kappa shape index (κ2) is 4.15. The molecule has 0 aliphatic carbocycles. The molecular weight excluding hydrogens is 164 g/mol. The van der Waals surface area contributed by atoms with Gasteiger partial charge in [-0.05, 0) is 6.92 Å². The minimum atomic E-state index is -1.09. The highest BCUT2D eigenvalue weighted by molar-refractivity contribution is 4.81. The highest BCUT2D eigenvalue weighted by atomic mass is 16.7. The maximum absolute atomic E-state index is 9.37. The van der Waals surface area contributed by atoms with Crippen molar-refractivity contribution in [2.24, 2.45) is 0 Å². The Bertz CT molecular complexity index is 138. The maximum Gasteiger partial charge on any atom is 0.147 e. The molecule has 72 valence electrons. The van der Waals surface area contributed by atoms with Crippen molar-refractivity contribution in [1.82, 2.24) is 0 Å². The van der Waals surface area contributed by atoms with Gasteiger partial charge in [0.05, 0.1) is 12.7 Å². The molecule has 0 aromatic rings. The van der Waals surface area contributed by atoms with Gasteiger partial charge in [-0.1, -0.05) is 0 Å². The molecule has 1 rings (SSSR count). The van der Waals surface area contributed by atoms with Crippen LogP contribution >= 0.6 is 0 Å². The van der Waals surface area contributed by atoms with Crippen LogP contribution in [0.1, 0.15) is 6.92 Å². The van der Waals surface area contributed by atoms with Crippen LogP contribution in [0.15, 0.2) is 0 Å². The molecule has 0 spiro atoms. The third-order valence-corrected chi connectivity index (χ3v) is 2.00. The molecule has 0 aromatic carbocycles. The van der Waals surface area contributed by atoms with E-state index in [4.69, 9.17) is 14.6 Å². The summed E-state index contributed by atoms with van der Waals surface area (Å²) in [4.78, 5) is 0. The van der Waals surface area contributed by atoms with Gasteiger partial charge in [0.2, 0.25) is 0 Å². The first-order chi connectivity index (χ1) is 5.66. The molecule has 5 heteroatoms. The summed E-state index contributed by atoms with van der Waals surface area (Å²) in [6.07, 6.45) is -3.33. The average Bonchev–Trinajstić information content (AvgIpc) is 2.19. The number of aliphatic hydroxyl groups is 3. The first-order valence-electron chi connectivity index (χ1n) is 3.87. The first-order valence-corrected chi connectivity index (χ1v) is 3.87. The van der Waals surface area contributed by atoms with E-state index in [-0.39, 0.29) is 13.4 Å². The Morgan fingerprint density at radius 3 is 2.50 bits per heavy atom. The second-order valence-electron chi connectivity index (χ2n) is 2.86. The van der Waals surface area contributed by atoms with Gasteiger partial charge in [-0.2, -0.15) is 0 Å². The summed E-state index contributed by atoms with van der Waals surface area (Å²) < 4.78 is 9.90. The van der Waals surface area contributed by atoms with E-state index in [1.165, 1.54) is 0 Å². The minimum absolute atomic E-state index is 0.0134. The van der Waals surface area contributed by atoms with E-state index in [1.807, 2.05) is 0 Å². The zero-order valence-corrected chi connectivity index (χ0v) is 6.88. The summed E-state index contributed by atoms with van der Waals surface area (Å²) in [7, 11) is 0. The minimum Gasteiger partial charge on any atom is -0.394 e. The second-order valence-corrected chi connectivity index (χ2v) is 2.86. The van der Waals surface area contributed by atoms with Crippen LogP contribution in [-0.2, 0) is 9.47 Å². The van der Waals surface area contributed by atoms with Crippen LogP contribution in [0.3, 0.4) is 0 Å². The van der Waals surface area contributed by atoms with Gasteiger partial charge in [0, 0.05) is 0 Å². The van der Waals surface area contributed by atoms with E-state index in [0.29, 0.717) is 0 Å². The SMILES string of the molecule is C[C@@H]1OCO[C@@H](CO)[C@@H](O)[C@@H]1O. The van der Waals surface area contributed by atoms with Crippen molar-refractivity contribution >= 4 is 0 Å². The number of rotatable bonds is 1. The number of hydrogen-bond acceptors (Lipinski definition) is 5. The molecule has 0 amide bonds. The van der Waals surface area contributed by atoms with Crippen LogP contribution in [0.2, 0.25) is 0 Å². The van der Waals surface area contributed by atoms with Crippen LogP contribution in [-0.4, -0.2) is 53.1 Å². The third kappa shape index (κ3) is 1.94. The van der Waals surface area contributed by atoms with Gasteiger partial charge >= 0.3 is 0 Å². The van der Waals surface area contributed by atoms with Gasteiger partial charge in [0.25, 0.3) is 0 Å². The standard InChI is InChI=1S/C7H14O5/c1-4-6(9)7(10)5(2-8)12-3-11-4/h4-10H,2-3H2,1H3/t4-,5-,6+,7+/m0/s1. The van der Waals surface area contributed by atoms with Gasteiger partial charge < -0.3 is 24.8 Å². The number of hydrogen-bond donors (Lipinski definition) is 3. The molecule has 12 heavy (non-hydrogen) atoms. The van der Waals surface area contributed by atoms with E-state index in [1.54, 1.807) is 6.92 Å². The van der Waals surface area contributed by atoms with Crippen molar-refractivity contribution in [3.05, 3.63) is 0 Å². The van der Waals surface area contributed by atoms with Crippen molar-refractivity contribution in [3.63, 3.8) is 0 Å². The topological polar surface area (TPSA) is 79.2 Å². The molecule has 0 bridgehead atoms. The molecule has 1 aliphatic rings. The quantitative estimate of drug-likeness (QED) is 0.453. The number of ether oxygens (including phenoxy) is 2. The van der Waals surface area contributed by atoms with E-state index >= 15 is 0 Å². The predicted molar refractivity (Wildman–Crippen MR) is 39.4 cm³/mol. The Morgan fingerprint density at radius 1 is 1.25 bits per heavy atom. The van der Waals surface area contributed by atoms with Crippen LogP contribution in [0.4, 0.5) is 0 Å². The zero-order chi connectivity index (χ0) is 9.14. The molecule has 0 radical (unpaired) electrons. The normalized spacial score (nSPS) is 44.0. The molecule has 1 saturated heterocycles. The van der Waals surface area contributed by atoms with Gasteiger partial charge in [0.15, 0.2) is 0 Å². The van der Waals surface area contributed by atoms with Gasteiger partial charge in [0.1, 0.15) is 25.1 Å². The van der Waals surface area contributed by atoms with Crippen molar-refractivity contribution in [3.8, 4) is 0 Å². The van der Waals surface area contributed by atoms with Crippen LogP contribution < -0.4 is 0 Å². The lowest BCUT2D eigenvalue weighted by atomic mass is 10.1. The smallest absolute Gasteiger partial charge is 0.147 e. The molecular formula is C7H14O5. The summed E-state index contributed by atoms with van der Waals surface area (Å²) >= 11 is 0. The monoisotopic (exact) mass is 178 g/mol. The fraction of sp³-hybridized carbons (Fsp3) is 1.00. The van der Waals surface area contributed by atoms with E-state index in [9.17, 15) is 10.2 Å². The summed E-state index contributed by atoms with van der Waals surface area (Å²) in [6, 6.07) is 0. The predicted octanol–water partition coefficient (Wildman–Crippen LogP) is -1.54. The van der Waals surface area contributed by atoms with Gasteiger partial charge in [-0.15, -0.1) is 0 Å². The summed E-state index contributed by atoms with van der Waals surface area (Å²) in [5, 5.41) is 27.5. The molecule has 1 fully saturated rings. The molecule has 3 N–H and O–H groups in total. The third-order valence-electron chi connectivity index (χ3n) is 2.00. The van der Waals surface area contributed by atoms with Crippen molar-refractivity contribution in [1.29, 1.82) is 0 Å². The summed E-state index contributed by atoms with van der Waals surface area (Å²) in [5.41, 5.74) is 0. The molecule has 4 atom stereocenters. The highest BCUT2D eigenvalue weighted by Gasteiger charge is 2.33. The van der Waals surface area contributed by atoms with E-state index in [0.717, 1.165) is 0 Å². The molecule has 1 aliphatic heterocycles.